The van der Waals surface area contributed by atoms with Gasteiger partial charge in [-0.2, -0.15) is 5.10 Å². The topological polar surface area (TPSA) is 95.3 Å². The first-order valence-corrected chi connectivity index (χ1v) is 9.10. The molecule has 1 heterocycles. The number of carbonyl (C=O) groups is 2. The van der Waals surface area contributed by atoms with Crippen molar-refractivity contribution in [2.24, 2.45) is 0 Å². The molecule has 1 N–H and O–H groups in total. The Labute approximate surface area is 172 Å². The van der Waals surface area contributed by atoms with E-state index in [0.29, 0.717) is 22.1 Å². The van der Waals surface area contributed by atoms with Gasteiger partial charge in [-0.05, 0) is 55.3 Å². The molecule has 0 aliphatic rings. The lowest BCUT2D eigenvalue weighted by molar-refractivity contribution is -0.149. The van der Waals surface area contributed by atoms with Crippen LogP contribution < -0.4 is 10.1 Å². The van der Waals surface area contributed by atoms with Crippen LogP contribution in [0, 0.1) is 13.8 Å². The third-order valence-corrected chi connectivity index (χ3v) is 4.33. The Morgan fingerprint density at radius 3 is 2.66 bits per heavy atom. The van der Waals surface area contributed by atoms with Crippen LogP contribution in [0.25, 0.3) is 5.69 Å². The second-order valence-corrected chi connectivity index (χ2v) is 6.68. The number of hydrogen-bond donors (Lipinski definition) is 1. The first-order valence-electron chi connectivity index (χ1n) is 8.72. The fourth-order valence-corrected chi connectivity index (χ4v) is 2.63. The molecule has 0 bridgehead atoms. The maximum atomic E-state index is 12.2. The Hall–Kier alpha value is -3.39. The summed E-state index contributed by atoms with van der Waals surface area (Å²) >= 11 is 6.01. The zero-order valence-electron chi connectivity index (χ0n) is 15.9. The summed E-state index contributed by atoms with van der Waals surface area (Å²) in [5.41, 5.74) is 3.17. The van der Waals surface area contributed by atoms with Gasteiger partial charge in [0.2, 0.25) is 0 Å². The van der Waals surface area contributed by atoms with Crippen LogP contribution in [-0.2, 0) is 14.3 Å². The number of rotatable bonds is 7. The van der Waals surface area contributed by atoms with Gasteiger partial charge in [0.1, 0.15) is 18.4 Å². The predicted molar refractivity (Wildman–Crippen MR) is 107 cm³/mol. The summed E-state index contributed by atoms with van der Waals surface area (Å²) in [5.74, 6) is -0.611. The molecule has 2 aromatic carbocycles. The maximum absolute atomic E-state index is 12.2. The SMILES string of the molecule is Cc1ccc(OCC(=O)OCC(=O)Nc2cc(Cl)ccc2-n2cncn2)cc1C. The number of amides is 1. The van der Waals surface area contributed by atoms with Crippen molar-refractivity contribution < 1.29 is 19.1 Å². The van der Waals surface area contributed by atoms with Crippen molar-refractivity contribution in [3.05, 3.63) is 65.2 Å². The number of ether oxygens (including phenoxy) is 2. The molecule has 1 amide bonds. The highest BCUT2D eigenvalue weighted by atomic mass is 35.5. The number of anilines is 1. The number of benzene rings is 2. The molecular weight excluding hydrogens is 396 g/mol. The average Bonchev–Trinajstić information content (AvgIpc) is 3.22. The summed E-state index contributed by atoms with van der Waals surface area (Å²) in [5, 5.41) is 7.12. The van der Waals surface area contributed by atoms with E-state index in [1.807, 2.05) is 26.0 Å². The number of aromatic nitrogens is 3. The molecule has 0 unspecified atom stereocenters. The highest BCUT2D eigenvalue weighted by molar-refractivity contribution is 6.31. The van der Waals surface area contributed by atoms with Crippen LogP contribution >= 0.6 is 11.6 Å². The molecule has 29 heavy (non-hydrogen) atoms. The smallest absolute Gasteiger partial charge is 0.344 e. The Bertz CT molecular complexity index is 1020. The second kappa shape index (κ2) is 9.20. The first kappa shape index (κ1) is 20.3. The molecule has 0 fully saturated rings. The lowest BCUT2D eigenvalue weighted by atomic mass is 10.1. The van der Waals surface area contributed by atoms with Gasteiger partial charge in [0.15, 0.2) is 13.2 Å². The van der Waals surface area contributed by atoms with Gasteiger partial charge in [0.05, 0.1) is 11.4 Å². The minimum atomic E-state index is -0.652. The number of esters is 1. The molecule has 150 valence electrons. The van der Waals surface area contributed by atoms with E-state index in [2.05, 4.69) is 15.4 Å². The largest absolute Gasteiger partial charge is 0.482 e. The van der Waals surface area contributed by atoms with E-state index in [1.165, 1.54) is 17.3 Å². The van der Waals surface area contributed by atoms with Crippen LogP contribution in [0.5, 0.6) is 5.75 Å². The molecule has 0 radical (unpaired) electrons. The summed E-state index contributed by atoms with van der Waals surface area (Å²) < 4.78 is 11.8. The minimum absolute atomic E-state index is 0.294. The van der Waals surface area contributed by atoms with Crippen molar-refractivity contribution in [2.75, 3.05) is 18.5 Å². The van der Waals surface area contributed by atoms with Crippen LogP contribution in [-0.4, -0.2) is 39.9 Å². The molecule has 0 saturated heterocycles. The van der Waals surface area contributed by atoms with E-state index in [-0.39, 0.29) is 6.61 Å². The molecule has 0 aliphatic carbocycles. The lowest BCUT2D eigenvalue weighted by Gasteiger charge is -2.12. The van der Waals surface area contributed by atoms with Gasteiger partial charge in [-0.15, -0.1) is 0 Å². The van der Waals surface area contributed by atoms with E-state index in [1.54, 1.807) is 24.3 Å². The zero-order chi connectivity index (χ0) is 20.8. The minimum Gasteiger partial charge on any atom is -0.482 e. The van der Waals surface area contributed by atoms with Crippen LogP contribution in [0.2, 0.25) is 5.02 Å². The van der Waals surface area contributed by atoms with Gasteiger partial charge in [-0.3, -0.25) is 4.79 Å². The van der Waals surface area contributed by atoms with Crippen molar-refractivity contribution in [3.8, 4) is 11.4 Å². The quantitative estimate of drug-likeness (QED) is 0.597. The fourth-order valence-electron chi connectivity index (χ4n) is 2.46. The molecular formula is C20H19ClN4O4. The van der Waals surface area contributed by atoms with Gasteiger partial charge in [-0.25, -0.2) is 14.5 Å². The second-order valence-electron chi connectivity index (χ2n) is 6.25. The van der Waals surface area contributed by atoms with E-state index in [0.717, 1.165) is 11.1 Å². The number of carbonyl (C=O) groups excluding carboxylic acids is 2. The fraction of sp³-hybridized carbons (Fsp3) is 0.200. The van der Waals surface area contributed by atoms with Gasteiger partial charge in [0.25, 0.3) is 5.91 Å². The number of hydrogen-bond acceptors (Lipinski definition) is 6. The standard InChI is InChI=1S/C20H19ClN4O4/c1-13-3-5-16(7-14(13)2)28-10-20(27)29-9-19(26)24-17-8-15(21)4-6-18(17)25-12-22-11-23-25/h3-8,11-12H,9-10H2,1-2H3,(H,24,26). The van der Waals surface area contributed by atoms with Crippen molar-refractivity contribution in [1.82, 2.24) is 14.8 Å². The van der Waals surface area contributed by atoms with Crippen LogP contribution in [0.3, 0.4) is 0 Å². The summed E-state index contributed by atoms with van der Waals surface area (Å²) in [6, 6.07) is 10.4. The van der Waals surface area contributed by atoms with Gasteiger partial charge in [-0.1, -0.05) is 17.7 Å². The van der Waals surface area contributed by atoms with Crippen LogP contribution in [0.15, 0.2) is 49.1 Å². The highest BCUT2D eigenvalue weighted by Gasteiger charge is 2.13. The molecule has 9 heteroatoms. The summed E-state index contributed by atoms with van der Waals surface area (Å²) in [4.78, 5) is 27.9. The normalized spacial score (nSPS) is 10.4. The molecule has 3 aromatic rings. The third kappa shape index (κ3) is 5.55. The average molecular weight is 415 g/mol. The molecule has 0 atom stereocenters. The third-order valence-electron chi connectivity index (χ3n) is 4.10. The Morgan fingerprint density at radius 1 is 1.10 bits per heavy atom. The monoisotopic (exact) mass is 414 g/mol. The van der Waals surface area contributed by atoms with Crippen molar-refractivity contribution in [2.45, 2.75) is 13.8 Å². The predicted octanol–water partition coefficient (Wildman–Crippen LogP) is 3.10. The molecule has 3 rings (SSSR count). The highest BCUT2D eigenvalue weighted by Crippen LogP contribution is 2.24. The van der Waals surface area contributed by atoms with Crippen molar-refractivity contribution in [1.29, 1.82) is 0 Å². The van der Waals surface area contributed by atoms with E-state index >= 15 is 0 Å². The number of halogens is 1. The molecule has 8 nitrogen and oxygen atoms in total. The van der Waals surface area contributed by atoms with Gasteiger partial charge in [0, 0.05) is 5.02 Å². The van der Waals surface area contributed by atoms with Crippen molar-refractivity contribution >= 4 is 29.2 Å². The lowest BCUT2D eigenvalue weighted by Crippen LogP contribution is -2.24. The van der Waals surface area contributed by atoms with E-state index in [4.69, 9.17) is 21.1 Å². The van der Waals surface area contributed by atoms with Gasteiger partial charge >= 0.3 is 5.97 Å². The van der Waals surface area contributed by atoms with Gasteiger partial charge < -0.3 is 14.8 Å². The first-order chi connectivity index (χ1) is 13.9. The molecule has 1 aromatic heterocycles. The number of nitrogens with one attached hydrogen (secondary N) is 1. The Balaban J connectivity index is 1.53. The Morgan fingerprint density at radius 2 is 1.93 bits per heavy atom. The maximum Gasteiger partial charge on any atom is 0.344 e. The summed E-state index contributed by atoms with van der Waals surface area (Å²) in [6.07, 6.45) is 2.86. The van der Waals surface area contributed by atoms with Crippen molar-refractivity contribution in [3.63, 3.8) is 0 Å². The van der Waals surface area contributed by atoms with E-state index in [9.17, 15) is 9.59 Å². The summed E-state index contributed by atoms with van der Waals surface area (Å²) in [6.45, 7) is 3.18. The molecule has 0 aliphatic heterocycles. The van der Waals surface area contributed by atoms with E-state index < -0.39 is 18.5 Å². The molecule has 0 saturated carbocycles. The molecule has 0 spiro atoms. The number of aryl methyl sites for hydroxylation is 2. The number of nitrogens with zero attached hydrogens (tertiary/aromatic N) is 3. The van der Waals surface area contributed by atoms with Crippen LogP contribution in [0.4, 0.5) is 5.69 Å². The Kier molecular flexibility index (Phi) is 6.46. The van der Waals surface area contributed by atoms with Crippen LogP contribution in [0.1, 0.15) is 11.1 Å². The zero-order valence-corrected chi connectivity index (χ0v) is 16.6. The summed E-state index contributed by atoms with van der Waals surface area (Å²) in [7, 11) is 0.